The van der Waals surface area contributed by atoms with Crippen LogP contribution in [0.2, 0.25) is 0 Å². The fraction of sp³-hybridized carbons (Fsp3) is 0.211. The number of fused-ring (bicyclic) bond motifs is 1. The van der Waals surface area contributed by atoms with Crippen LogP contribution in [0.1, 0.15) is 34.6 Å². The molecule has 0 bridgehead atoms. The fourth-order valence-electron chi connectivity index (χ4n) is 2.67. The molecule has 0 spiro atoms. The van der Waals surface area contributed by atoms with Gasteiger partial charge in [0.1, 0.15) is 5.75 Å². The first-order chi connectivity index (χ1) is 11.9. The molecule has 25 heavy (non-hydrogen) atoms. The predicted molar refractivity (Wildman–Crippen MR) is 94.3 cm³/mol. The molecule has 128 valence electrons. The number of hydrogen-bond donors (Lipinski definition) is 1. The van der Waals surface area contributed by atoms with E-state index in [1.807, 2.05) is 0 Å². The monoisotopic (exact) mass is 338 g/mol. The van der Waals surface area contributed by atoms with E-state index in [0.29, 0.717) is 28.3 Å². The van der Waals surface area contributed by atoms with Crippen LogP contribution < -0.4 is 15.0 Å². The molecule has 2 aromatic carbocycles. The summed E-state index contributed by atoms with van der Waals surface area (Å²) in [5, 5.41) is 2.76. The summed E-state index contributed by atoms with van der Waals surface area (Å²) >= 11 is 0. The van der Waals surface area contributed by atoms with Gasteiger partial charge in [-0.1, -0.05) is 12.1 Å². The van der Waals surface area contributed by atoms with Crippen LogP contribution in [0.3, 0.4) is 0 Å². The Morgan fingerprint density at radius 3 is 2.60 bits per heavy atom. The van der Waals surface area contributed by atoms with Gasteiger partial charge < -0.3 is 15.0 Å². The molecule has 0 aromatic heterocycles. The van der Waals surface area contributed by atoms with Gasteiger partial charge in [-0.2, -0.15) is 0 Å². The van der Waals surface area contributed by atoms with E-state index in [1.54, 1.807) is 56.4 Å². The number of hydrogen-bond acceptors (Lipinski definition) is 4. The standard InChI is InChI=1S/C19H18N2O4/c1-11(22)13-5-4-6-15(9-13)20-18(23)14-7-8-17-16(10-14)21(3)19(24)12(2)25-17/h4-10,12H,1-3H3,(H,20,23). The molecule has 0 fully saturated rings. The number of anilines is 2. The summed E-state index contributed by atoms with van der Waals surface area (Å²) in [5.74, 6) is -0.0109. The minimum atomic E-state index is -0.550. The van der Waals surface area contributed by atoms with Crippen LogP contribution >= 0.6 is 0 Å². The Bertz CT molecular complexity index is 875. The largest absolute Gasteiger partial charge is 0.479 e. The van der Waals surface area contributed by atoms with Crippen LogP contribution in [0.5, 0.6) is 5.75 Å². The van der Waals surface area contributed by atoms with E-state index < -0.39 is 6.10 Å². The number of Topliss-reactive ketones (excluding diaryl/α,β-unsaturated/α-hetero) is 1. The van der Waals surface area contributed by atoms with Crippen molar-refractivity contribution in [2.75, 3.05) is 17.3 Å². The van der Waals surface area contributed by atoms with Gasteiger partial charge in [0.2, 0.25) is 0 Å². The van der Waals surface area contributed by atoms with Gasteiger partial charge in [0.25, 0.3) is 11.8 Å². The average Bonchev–Trinajstić information content (AvgIpc) is 2.59. The number of nitrogens with zero attached hydrogens (tertiary/aromatic N) is 1. The topological polar surface area (TPSA) is 75.7 Å². The molecule has 1 heterocycles. The molecule has 6 nitrogen and oxygen atoms in total. The minimum absolute atomic E-state index is 0.0729. The van der Waals surface area contributed by atoms with Gasteiger partial charge in [-0.3, -0.25) is 14.4 Å². The van der Waals surface area contributed by atoms with E-state index >= 15 is 0 Å². The van der Waals surface area contributed by atoms with E-state index in [2.05, 4.69) is 5.32 Å². The predicted octanol–water partition coefficient (Wildman–Crippen LogP) is 2.89. The lowest BCUT2D eigenvalue weighted by Crippen LogP contribution is -2.42. The summed E-state index contributed by atoms with van der Waals surface area (Å²) in [5.41, 5.74) is 2.00. The van der Waals surface area contributed by atoms with Crippen molar-refractivity contribution in [2.24, 2.45) is 0 Å². The van der Waals surface area contributed by atoms with E-state index in [-0.39, 0.29) is 17.6 Å². The highest BCUT2D eigenvalue weighted by atomic mass is 16.5. The summed E-state index contributed by atoms with van der Waals surface area (Å²) in [6.07, 6.45) is -0.550. The van der Waals surface area contributed by atoms with Crippen LogP contribution in [0.15, 0.2) is 42.5 Å². The van der Waals surface area contributed by atoms with Gasteiger partial charge in [0, 0.05) is 23.9 Å². The molecule has 2 amide bonds. The summed E-state index contributed by atoms with van der Waals surface area (Å²) in [7, 11) is 1.65. The Kier molecular flexibility index (Phi) is 4.27. The summed E-state index contributed by atoms with van der Waals surface area (Å²) < 4.78 is 5.55. The second-order valence-electron chi connectivity index (χ2n) is 5.93. The maximum Gasteiger partial charge on any atom is 0.267 e. The van der Waals surface area contributed by atoms with E-state index in [0.717, 1.165) is 0 Å². The number of ether oxygens (including phenoxy) is 1. The molecule has 0 saturated heterocycles. The maximum atomic E-state index is 12.5. The molecular weight excluding hydrogens is 320 g/mol. The van der Waals surface area contributed by atoms with Gasteiger partial charge in [0.15, 0.2) is 11.9 Å². The lowest BCUT2D eigenvalue weighted by Gasteiger charge is -2.30. The molecule has 0 saturated carbocycles. The first kappa shape index (κ1) is 16.7. The summed E-state index contributed by atoms with van der Waals surface area (Å²) in [6, 6.07) is 11.7. The van der Waals surface area contributed by atoms with Crippen molar-refractivity contribution in [2.45, 2.75) is 20.0 Å². The molecule has 2 aromatic rings. The summed E-state index contributed by atoms with van der Waals surface area (Å²) in [6.45, 7) is 3.16. The van der Waals surface area contributed by atoms with Gasteiger partial charge in [-0.05, 0) is 44.2 Å². The molecule has 1 aliphatic rings. The number of amides is 2. The van der Waals surface area contributed by atoms with Crippen LogP contribution in [0.4, 0.5) is 11.4 Å². The molecule has 0 radical (unpaired) electrons. The van der Waals surface area contributed by atoms with Crippen LogP contribution in [0.25, 0.3) is 0 Å². The zero-order chi connectivity index (χ0) is 18.1. The summed E-state index contributed by atoms with van der Waals surface area (Å²) in [4.78, 5) is 37.4. The molecule has 1 atom stereocenters. The number of benzene rings is 2. The fourth-order valence-corrected chi connectivity index (χ4v) is 2.67. The maximum absolute atomic E-state index is 12.5. The second kappa shape index (κ2) is 6.39. The van der Waals surface area contributed by atoms with Crippen molar-refractivity contribution in [3.63, 3.8) is 0 Å². The van der Waals surface area contributed by atoms with Crippen molar-refractivity contribution in [3.8, 4) is 5.75 Å². The Balaban J connectivity index is 1.85. The Hall–Kier alpha value is -3.15. The highest BCUT2D eigenvalue weighted by Crippen LogP contribution is 2.34. The van der Waals surface area contributed by atoms with E-state index in [1.165, 1.54) is 11.8 Å². The van der Waals surface area contributed by atoms with Crippen molar-refractivity contribution in [1.82, 2.24) is 0 Å². The Labute approximate surface area is 145 Å². The van der Waals surface area contributed by atoms with Crippen molar-refractivity contribution >= 4 is 29.0 Å². The van der Waals surface area contributed by atoms with Crippen molar-refractivity contribution in [1.29, 1.82) is 0 Å². The third-order valence-corrected chi connectivity index (χ3v) is 4.09. The first-order valence-corrected chi connectivity index (χ1v) is 7.87. The molecule has 6 heteroatoms. The Morgan fingerprint density at radius 2 is 1.88 bits per heavy atom. The average molecular weight is 338 g/mol. The van der Waals surface area contributed by atoms with Crippen molar-refractivity contribution in [3.05, 3.63) is 53.6 Å². The molecule has 1 aliphatic heterocycles. The zero-order valence-electron chi connectivity index (χ0n) is 14.2. The molecule has 3 rings (SSSR count). The quantitative estimate of drug-likeness (QED) is 0.873. The van der Waals surface area contributed by atoms with Crippen LogP contribution in [-0.2, 0) is 4.79 Å². The number of likely N-dealkylation sites (N-methyl/N-ethyl adjacent to an activating group) is 1. The van der Waals surface area contributed by atoms with E-state index in [4.69, 9.17) is 4.74 Å². The highest BCUT2D eigenvalue weighted by molar-refractivity contribution is 6.07. The van der Waals surface area contributed by atoms with Gasteiger partial charge in [0.05, 0.1) is 5.69 Å². The molecule has 1 unspecified atom stereocenters. The number of rotatable bonds is 3. The minimum Gasteiger partial charge on any atom is -0.479 e. The lowest BCUT2D eigenvalue weighted by molar-refractivity contribution is -0.125. The Morgan fingerprint density at radius 1 is 1.12 bits per heavy atom. The number of carbonyl (C=O) groups is 3. The number of carbonyl (C=O) groups excluding carboxylic acids is 3. The van der Waals surface area contributed by atoms with Gasteiger partial charge in [-0.25, -0.2) is 0 Å². The van der Waals surface area contributed by atoms with Gasteiger partial charge >= 0.3 is 0 Å². The third kappa shape index (κ3) is 3.24. The highest BCUT2D eigenvalue weighted by Gasteiger charge is 2.29. The second-order valence-corrected chi connectivity index (χ2v) is 5.93. The third-order valence-electron chi connectivity index (χ3n) is 4.09. The smallest absolute Gasteiger partial charge is 0.267 e. The number of nitrogens with one attached hydrogen (secondary N) is 1. The van der Waals surface area contributed by atoms with E-state index in [9.17, 15) is 14.4 Å². The van der Waals surface area contributed by atoms with Crippen LogP contribution in [-0.4, -0.2) is 30.7 Å². The zero-order valence-corrected chi connectivity index (χ0v) is 14.2. The van der Waals surface area contributed by atoms with Gasteiger partial charge in [-0.15, -0.1) is 0 Å². The SMILES string of the molecule is CC(=O)c1cccc(NC(=O)c2ccc3c(c2)N(C)C(=O)C(C)O3)c1. The molecule has 0 aliphatic carbocycles. The lowest BCUT2D eigenvalue weighted by atomic mass is 10.1. The first-order valence-electron chi connectivity index (χ1n) is 7.87. The number of ketones is 1. The van der Waals surface area contributed by atoms with Crippen LogP contribution in [0, 0.1) is 0 Å². The molecular formula is C19H18N2O4. The van der Waals surface area contributed by atoms with Crippen molar-refractivity contribution < 1.29 is 19.1 Å². The molecule has 1 N–H and O–H groups in total. The normalized spacial score (nSPS) is 16.0.